The summed E-state index contributed by atoms with van der Waals surface area (Å²) in [6.45, 7) is 13.3. The molecule has 1 aliphatic rings. The van der Waals surface area contributed by atoms with Gasteiger partial charge in [0.2, 0.25) is 0 Å². The Labute approximate surface area is 379 Å². The second-order valence-electron chi connectivity index (χ2n) is 17.7. The van der Waals surface area contributed by atoms with Gasteiger partial charge in [0, 0.05) is 76.1 Å². The highest BCUT2D eigenvalue weighted by molar-refractivity contribution is 5.89. The van der Waals surface area contributed by atoms with Crippen LogP contribution in [-0.4, -0.2) is 102 Å². The number of esters is 2. The lowest BCUT2D eigenvalue weighted by atomic mass is 9.79. The average molecular weight is 889 g/mol. The molecule has 5 unspecified atom stereocenters. The number of ketones is 3. The molecule has 0 bridgehead atoms. The minimum atomic E-state index is -0.596. The number of carbonyl (C=O) groups is 5. The van der Waals surface area contributed by atoms with E-state index in [1.165, 1.54) is 7.11 Å². The molecule has 1 aromatic carbocycles. The van der Waals surface area contributed by atoms with E-state index in [0.29, 0.717) is 89.5 Å². The van der Waals surface area contributed by atoms with Gasteiger partial charge in [0.25, 0.3) is 0 Å². The van der Waals surface area contributed by atoms with Crippen LogP contribution in [0.5, 0.6) is 0 Å². The molecule has 1 saturated heterocycles. The predicted molar refractivity (Wildman–Crippen MR) is 244 cm³/mol. The Kier molecular flexibility index (Phi) is 30.6. The zero-order valence-electron chi connectivity index (χ0n) is 40.0. The summed E-state index contributed by atoms with van der Waals surface area (Å²) in [6, 6.07) is 8.95. The second kappa shape index (κ2) is 34.3. The molecule has 0 spiro atoms. The summed E-state index contributed by atoms with van der Waals surface area (Å²) in [4.78, 5) is 62.1. The van der Waals surface area contributed by atoms with Crippen LogP contribution in [0.25, 0.3) is 0 Å². The molecule has 0 radical (unpaired) electrons. The maximum atomic E-state index is 13.2. The molecule has 2 rings (SSSR count). The molecule has 5 atom stereocenters. The van der Waals surface area contributed by atoms with Crippen LogP contribution in [0.2, 0.25) is 0 Å². The molecule has 1 fully saturated rings. The number of unbranched alkanes of at least 4 members (excludes halogenated alkanes) is 10. The van der Waals surface area contributed by atoms with Gasteiger partial charge in [-0.3, -0.25) is 19.2 Å². The molecule has 63 heavy (non-hydrogen) atoms. The number of hydrogen-bond acceptors (Lipinski definition) is 12. The lowest BCUT2D eigenvalue weighted by molar-refractivity contribution is -0.254. The first kappa shape index (κ1) is 56.1. The van der Waals surface area contributed by atoms with Crippen LogP contribution in [0.4, 0.5) is 0 Å². The summed E-state index contributed by atoms with van der Waals surface area (Å²) < 4.78 is 40.4. The molecule has 0 N–H and O–H groups in total. The van der Waals surface area contributed by atoms with Crippen LogP contribution in [0.1, 0.15) is 173 Å². The summed E-state index contributed by atoms with van der Waals surface area (Å²) in [7, 11) is 1.42. The number of benzene rings is 1. The van der Waals surface area contributed by atoms with Gasteiger partial charge in [0.1, 0.15) is 24.0 Å². The molecule has 0 aliphatic carbocycles. The van der Waals surface area contributed by atoms with Gasteiger partial charge in [-0.05, 0) is 76.3 Å². The molecule has 0 saturated carbocycles. The number of rotatable bonds is 39. The molecule has 12 nitrogen and oxygen atoms in total. The molecule has 360 valence electrons. The molecular formula is C51H84O12. The van der Waals surface area contributed by atoms with E-state index in [1.54, 1.807) is 12.1 Å². The maximum absolute atomic E-state index is 13.2. The first-order valence-corrected chi connectivity index (χ1v) is 24.3. The lowest BCUT2D eigenvalue weighted by Crippen LogP contribution is -2.48. The number of ether oxygens (including phenoxy) is 7. The molecular weight excluding hydrogens is 805 g/mol. The van der Waals surface area contributed by atoms with Crippen LogP contribution in [0.15, 0.2) is 30.3 Å². The Hall–Kier alpha value is -3.03. The molecule has 1 aromatic rings. The fraction of sp³-hybridized carbons (Fsp3) is 0.784. The lowest BCUT2D eigenvalue weighted by Gasteiger charge is -2.43. The van der Waals surface area contributed by atoms with Crippen molar-refractivity contribution in [2.75, 3.05) is 60.0 Å². The molecule has 0 aromatic heterocycles. The third-order valence-electron chi connectivity index (χ3n) is 12.5. The van der Waals surface area contributed by atoms with E-state index in [4.69, 9.17) is 28.4 Å². The average Bonchev–Trinajstić information content (AvgIpc) is 3.28. The first-order chi connectivity index (χ1) is 30.4. The first-order valence-electron chi connectivity index (χ1n) is 24.3. The van der Waals surface area contributed by atoms with Crippen LogP contribution in [0.3, 0.4) is 0 Å². The third kappa shape index (κ3) is 24.7. The fourth-order valence-corrected chi connectivity index (χ4v) is 8.03. The highest BCUT2D eigenvalue weighted by Crippen LogP contribution is 2.36. The summed E-state index contributed by atoms with van der Waals surface area (Å²) in [6.07, 6.45) is 14.6. The van der Waals surface area contributed by atoms with Crippen molar-refractivity contribution in [2.24, 2.45) is 23.2 Å². The molecule has 0 amide bonds. The topological polar surface area (TPSA) is 150 Å². The van der Waals surface area contributed by atoms with Crippen molar-refractivity contribution < 1.29 is 57.1 Å². The number of Topliss-reactive ketones (excluding diaryl/α,β-unsaturated/α-hetero) is 3. The number of carbonyl (C=O) groups excluding carboxylic acids is 5. The highest BCUT2D eigenvalue weighted by atomic mass is 16.7. The van der Waals surface area contributed by atoms with Crippen molar-refractivity contribution in [2.45, 2.75) is 175 Å². The summed E-state index contributed by atoms with van der Waals surface area (Å²) >= 11 is 0. The molecule has 1 heterocycles. The van der Waals surface area contributed by atoms with Crippen LogP contribution in [-0.2, 0) is 52.3 Å². The van der Waals surface area contributed by atoms with E-state index in [0.717, 1.165) is 83.5 Å². The van der Waals surface area contributed by atoms with Crippen LogP contribution >= 0.6 is 0 Å². The minimum Gasteiger partial charge on any atom is -0.469 e. The van der Waals surface area contributed by atoms with E-state index in [2.05, 4.69) is 25.5 Å². The van der Waals surface area contributed by atoms with E-state index in [1.807, 2.05) is 32.0 Å². The monoisotopic (exact) mass is 889 g/mol. The quantitative estimate of drug-likeness (QED) is 0.0457. The van der Waals surface area contributed by atoms with Gasteiger partial charge in [-0.2, -0.15) is 0 Å². The van der Waals surface area contributed by atoms with Gasteiger partial charge in [0.15, 0.2) is 6.29 Å². The summed E-state index contributed by atoms with van der Waals surface area (Å²) in [5.41, 5.74) is -0.0793. The van der Waals surface area contributed by atoms with Gasteiger partial charge in [-0.15, -0.1) is 0 Å². The Morgan fingerprint density at radius 3 is 1.67 bits per heavy atom. The van der Waals surface area contributed by atoms with Gasteiger partial charge in [-0.25, -0.2) is 4.79 Å². The van der Waals surface area contributed by atoms with Gasteiger partial charge in [0.05, 0.1) is 45.2 Å². The van der Waals surface area contributed by atoms with Crippen molar-refractivity contribution in [1.82, 2.24) is 0 Å². The zero-order valence-corrected chi connectivity index (χ0v) is 40.0. The standard InChI is InChI=1S/C51H84O12/c1-7-58-37-51(38-59-8-2,35-46(54)30-19-13-11-9-10-12-14-22-31-48(55)57-6)39-60-34-32-45(53)28-21-16-20-27-44(52)29-23-24-33-61-50-42(5)40(3)41(4)47(63-50)36-62-49(56)43-25-17-15-18-26-43/h15,17-18,25-26,40-42,47,50H,7-14,16,19-24,27-39H2,1-6H3. The largest absolute Gasteiger partial charge is 0.469 e. The van der Waals surface area contributed by atoms with Gasteiger partial charge in [-0.1, -0.05) is 83.9 Å². The van der Waals surface area contributed by atoms with Crippen LogP contribution < -0.4 is 0 Å². The van der Waals surface area contributed by atoms with Gasteiger partial charge < -0.3 is 33.2 Å². The number of hydrogen-bond donors (Lipinski definition) is 0. The third-order valence-corrected chi connectivity index (χ3v) is 12.5. The van der Waals surface area contributed by atoms with Gasteiger partial charge >= 0.3 is 11.9 Å². The van der Waals surface area contributed by atoms with E-state index in [-0.39, 0.29) is 67.0 Å². The molecule has 12 heteroatoms. The predicted octanol–water partition coefficient (Wildman–Crippen LogP) is 10.3. The highest BCUT2D eigenvalue weighted by Gasteiger charge is 2.40. The smallest absolute Gasteiger partial charge is 0.338 e. The Bertz CT molecular complexity index is 1390. The Morgan fingerprint density at radius 1 is 0.571 bits per heavy atom. The second-order valence-corrected chi connectivity index (χ2v) is 17.7. The van der Waals surface area contributed by atoms with Crippen LogP contribution in [0, 0.1) is 23.2 Å². The fourth-order valence-electron chi connectivity index (χ4n) is 8.03. The van der Waals surface area contributed by atoms with Crippen molar-refractivity contribution >= 4 is 29.3 Å². The normalized spacial score (nSPS) is 18.9. The Morgan fingerprint density at radius 2 is 1.08 bits per heavy atom. The van der Waals surface area contributed by atoms with E-state index < -0.39 is 11.7 Å². The van der Waals surface area contributed by atoms with Crippen molar-refractivity contribution in [3.63, 3.8) is 0 Å². The molecule has 1 aliphatic heterocycles. The van der Waals surface area contributed by atoms with E-state index in [9.17, 15) is 24.0 Å². The summed E-state index contributed by atoms with van der Waals surface area (Å²) in [5.74, 6) is 0.766. The Balaban J connectivity index is 1.58. The zero-order chi connectivity index (χ0) is 46.1. The maximum Gasteiger partial charge on any atom is 0.338 e. The van der Waals surface area contributed by atoms with E-state index >= 15 is 0 Å². The van der Waals surface area contributed by atoms with Crippen molar-refractivity contribution in [1.29, 1.82) is 0 Å². The number of methoxy groups -OCH3 is 1. The van der Waals surface area contributed by atoms with Crippen molar-refractivity contribution in [3.8, 4) is 0 Å². The van der Waals surface area contributed by atoms with Crippen molar-refractivity contribution in [3.05, 3.63) is 35.9 Å². The summed E-state index contributed by atoms with van der Waals surface area (Å²) in [5, 5.41) is 0. The minimum absolute atomic E-state index is 0.137. The SMILES string of the molecule is CCOCC(COCC)(COCCC(=O)CCCCCC(=O)CCCCOC1OC(COC(=O)c2ccccc2)C(C)C(C)C1C)CC(=O)CCCCCCCCCCC(=O)OC.